The highest BCUT2D eigenvalue weighted by molar-refractivity contribution is 5.89. The topological polar surface area (TPSA) is 46.1 Å². The molecule has 2 amide bonds. The molecule has 0 aliphatic rings. The van der Waals surface area contributed by atoms with E-state index < -0.39 is 0 Å². The van der Waals surface area contributed by atoms with E-state index in [1.165, 1.54) is 22.0 Å². The summed E-state index contributed by atoms with van der Waals surface area (Å²) >= 11 is 0. The van der Waals surface area contributed by atoms with Gasteiger partial charge >= 0.3 is 6.03 Å². The SMILES string of the molecule is O=C(NCCCc1cn(Cc2ccccc2)c2ccccc12)Nc1ccccc1. The molecule has 0 fully saturated rings. The number of nitrogens with zero attached hydrogens (tertiary/aromatic N) is 1. The van der Waals surface area contributed by atoms with Crippen molar-refractivity contribution in [2.45, 2.75) is 19.4 Å². The summed E-state index contributed by atoms with van der Waals surface area (Å²) in [5.41, 5.74) is 4.66. The molecule has 0 spiro atoms. The second-order valence-electron chi connectivity index (χ2n) is 7.14. The number of hydrogen-bond donors (Lipinski definition) is 2. The largest absolute Gasteiger partial charge is 0.343 e. The van der Waals surface area contributed by atoms with Crippen molar-refractivity contribution in [3.05, 3.63) is 102 Å². The zero-order chi connectivity index (χ0) is 19.9. The lowest BCUT2D eigenvalue weighted by Crippen LogP contribution is -2.29. The lowest BCUT2D eigenvalue weighted by molar-refractivity contribution is 0.252. The molecule has 146 valence electrons. The minimum atomic E-state index is -0.164. The predicted octanol–water partition coefficient (Wildman–Crippen LogP) is 5.44. The van der Waals surface area contributed by atoms with Crippen LogP contribution >= 0.6 is 0 Å². The molecule has 0 atom stereocenters. The molecular weight excluding hydrogens is 358 g/mol. The number of nitrogens with one attached hydrogen (secondary N) is 2. The number of urea groups is 1. The Morgan fingerprint density at radius 1 is 0.828 bits per heavy atom. The molecule has 4 heteroatoms. The first kappa shape index (κ1) is 18.8. The molecule has 0 unspecified atom stereocenters. The average Bonchev–Trinajstić information content (AvgIpc) is 3.10. The quantitative estimate of drug-likeness (QED) is 0.410. The van der Waals surface area contributed by atoms with Gasteiger partial charge in [-0.15, -0.1) is 0 Å². The van der Waals surface area contributed by atoms with Gasteiger partial charge in [-0.05, 0) is 42.2 Å². The van der Waals surface area contributed by atoms with E-state index in [2.05, 4.69) is 69.9 Å². The average molecular weight is 383 g/mol. The number of amides is 2. The number of aryl methyl sites for hydroxylation is 1. The van der Waals surface area contributed by atoms with Crippen LogP contribution in [-0.4, -0.2) is 17.1 Å². The Morgan fingerprint density at radius 2 is 1.52 bits per heavy atom. The summed E-state index contributed by atoms with van der Waals surface area (Å²) in [6, 6.07) is 28.4. The Kier molecular flexibility index (Phi) is 5.91. The fourth-order valence-corrected chi connectivity index (χ4v) is 3.61. The zero-order valence-electron chi connectivity index (χ0n) is 16.3. The van der Waals surface area contributed by atoms with Gasteiger partial charge in [0.1, 0.15) is 0 Å². The van der Waals surface area contributed by atoms with Crippen LogP contribution in [0.4, 0.5) is 10.5 Å². The number of fused-ring (bicyclic) bond motifs is 1. The predicted molar refractivity (Wildman–Crippen MR) is 119 cm³/mol. The third-order valence-corrected chi connectivity index (χ3v) is 5.01. The fraction of sp³-hybridized carbons (Fsp3) is 0.160. The van der Waals surface area contributed by atoms with Crippen LogP contribution in [-0.2, 0) is 13.0 Å². The molecule has 2 N–H and O–H groups in total. The molecule has 0 saturated heterocycles. The highest BCUT2D eigenvalue weighted by atomic mass is 16.2. The van der Waals surface area contributed by atoms with E-state index in [1.54, 1.807) is 0 Å². The van der Waals surface area contributed by atoms with Crippen LogP contribution in [0, 0.1) is 0 Å². The highest BCUT2D eigenvalue weighted by Gasteiger charge is 2.09. The summed E-state index contributed by atoms with van der Waals surface area (Å²) in [6.07, 6.45) is 4.07. The van der Waals surface area contributed by atoms with Crippen LogP contribution in [0.25, 0.3) is 10.9 Å². The molecule has 0 aliphatic carbocycles. The Bertz CT molecular complexity index is 1070. The van der Waals surface area contributed by atoms with E-state index in [-0.39, 0.29) is 6.03 Å². The van der Waals surface area contributed by atoms with Crippen molar-refractivity contribution in [2.24, 2.45) is 0 Å². The van der Waals surface area contributed by atoms with Crippen molar-refractivity contribution in [1.29, 1.82) is 0 Å². The zero-order valence-corrected chi connectivity index (χ0v) is 16.3. The van der Waals surface area contributed by atoms with Gasteiger partial charge in [-0.1, -0.05) is 66.7 Å². The maximum atomic E-state index is 12.0. The Balaban J connectivity index is 1.36. The first-order chi connectivity index (χ1) is 14.3. The molecule has 0 radical (unpaired) electrons. The number of carbonyl (C=O) groups excluding carboxylic acids is 1. The van der Waals surface area contributed by atoms with E-state index in [0.717, 1.165) is 25.1 Å². The van der Waals surface area contributed by atoms with Gasteiger partial charge in [-0.3, -0.25) is 0 Å². The van der Waals surface area contributed by atoms with Crippen molar-refractivity contribution < 1.29 is 4.79 Å². The lowest BCUT2D eigenvalue weighted by Gasteiger charge is -2.07. The van der Waals surface area contributed by atoms with Crippen LogP contribution in [0.2, 0.25) is 0 Å². The van der Waals surface area contributed by atoms with Crippen molar-refractivity contribution >= 4 is 22.6 Å². The number of para-hydroxylation sites is 2. The smallest absolute Gasteiger partial charge is 0.319 e. The molecule has 3 aromatic carbocycles. The minimum Gasteiger partial charge on any atom is -0.343 e. The van der Waals surface area contributed by atoms with Gasteiger partial charge in [0.05, 0.1) is 0 Å². The number of benzene rings is 3. The number of aromatic nitrogens is 1. The lowest BCUT2D eigenvalue weighted by atomic mass is 10.1. The van der Waals surface area contributed by atoms with Crippen molar-refractivity contribution in [3.8, 4) is 0 Å². The minimum absolute atomic E-state index is 0.164. The van der Waals surface area contributed by atoms with Gasteiger partial charge in [0.25, 0.3) is 0 Å². The first-order valence-electron chi connectivity index (χ1n) is 10.0. The van der Waals surface area contributed by atoms with Crippen LogP contribution < -0.4 is 10.6 Å². The van der Waals surface area contributed by atoms with Crippen LogP contribution in [0.1, 0.15) is 17.5 Å². The van der Waals surface area contributed by atoms with Crippen molar-refractivity contribution in [2.75, 3.05) is 11.9 Å². The molecular formula is C25H25N3O. The van der Waals surface area contributed by atoms with E-state index in [1.807, 2.05) is 36.4 Å². The van der Waals surface area contributed by atoms with Gasteiger partial charge in [0.15, 0.2) is 0 Å². The second-order valence-corrected chi connectivity index (χ2v) is 7.14. The van der Waals surface area contributed by atoms with Gasteiger partial charge in [0, 0.05) is 35.9 Å². The number of rotatable bonds is 7. The third-order valence-electron chi connectivity index (χ3n) is 5.01. The summed E-state index contributed by atoms with van der Waals surface area (Å²) in [5.74, 6) is 0. The molecule has 1 heterocycles. The van der Waals surface area contributed by atoms with E-state index in [4.69, 9.17) is 0 Å². The van der Waals surface area contributed by atoms with Crippen molar-refractivity contribution in [1.82, 2.24) is 9.88 Å². The summed E-state index contributed by atoms with van der Waals surface area (Å²) < 4.78 is 2.32. The number of anilines is 1. The van der Waals surface area contributed by atoms with Crippen LogP contribution in [0.3, 0.4) is 0 Å². The molecule has 1 aromatic heterocycles. The summed E-state index contributed by atoms with van der Waals surface area (Å²) in [6.45, 7) is 1.50. The molecule has 0 aliphatic heterocycles. The Hall–Kier alpha value is -3.53. The normalized spacial score (nSPS) is 10.8. The van der Waals surface area contributed by atoms with Gasteiger partial charge in [-0.25, -0.2) is 4.79 Å². The van der Waals surface area contributed by atoms with E-state index in [0.29, 0.717) is 6.54 Å². The molecule has 0 bridgehead atoms. The summed E-state index contributed by atoms with van der Waals surface area (Å²) in [7, 11) is 0. The van der Waals surface area contributed by atoms with Gasteiger partial charge < -0.3 is 15.2 Å². The van der Waals surface area contributed by atoms with E-state index in [9.17, 15) is 4.79 Å². The third kappa shape index (κ3) is 4.85. The molecule has 4 aromatic rings. The van der Waals surface area contributed by atoms with E-state index >= 15 is 0 Å². The highest BCUT2D eigenvalue weighted by Crippen LogP contribution is 2.23. The molecule has 0 saturated carbocycles. The fourth-order valence-electron chi connectivity index (χ4n) is 3.61. The van der Waals surface area contributed by atoms with Gasteiger partial charge in [0.2, 0.25) is 0 Å². The van der Waals surface area contributed by atoms with Crippen molar-refractivity contribution in [3.63, 3.8) is 0 Å². The van der Waals surface area contributed by atoms with Gasteiger partial charge in [-0.2, -0.15) is 0 Å². The number of carbonyl (C=O) groups is 1. The molecule has 4 nitrogen and oxygen atoms in total. The Morgan fingerprint density at radius 3 is 2.31 bits per heavy atom. The maximum Gasteiger partial charge on any atom is 0.319 e. The second kappa shape index (κ2) is 9.11. The summed E-state index contributed by atoms with van der Waals surface area (Å²) in [5, 5.41) is 7.08. The maximum absolute atomic E-state index is 12.0. The summed E-state index contributed by atoms with van der Waals surface area (Å²) in [4.78, 5) is 12.0. The standard InChI is InChI=1S/C25H25N3O/c29-25(27-22-13-5-2-6-14-22)26-17-9-12-21-19-28(18-20-10-3-1-4-11-20)24-16-8-7-15-23(21)24/h1-8,10-11,13-16,19H,9,12,17-18H2,(H2,26,27,29). The monoisotopic (exact) mass is 383 g/mol. The van der Waals surface area contributed by atoms with Crippen LogP contribution in [0.15, 0.2) is 91.1 Å². The molecule has 29 heavy (non-hydrogen) atoms. The first-order valence-corrected chi connectivity index (χ1v) is 10.0. The van der Waals surface area contributed by atoms with Crippen LogP contribution in [0.5, 0.6) is 0 Å². The molecule has 4 rings (SSSR count). The number of hydrogen-bond acceptors (Lipinski definition) is 1. The Labute approximate surface area is 171 Å².